The van der Waals surface area contributed by atoms with Gasteiger partial charge >= 0.3 is 0 Å². The number of hydrogen-bond donors (Lipinski definition) is 1. The normalized spacial score (nSPS) is 12.8. The Hall–Kier alpha value is -0.930. The molecule has 0 saturated heterocycles. The van der Waals surface area contributed by atoms with E-state index in [2.05, 4.69) is 5.32 Å². The van der Waals surface area contributed by atoms with Gasteiger partial charge in [0, 0.05) is 18.7 Å². The summed E-state index contributed by atoms with van der Waals surface area (Å²) in [6.45, 7) is 3.11. The van der Waals surface area contributed by atoms with Crippen molar-refractivity contribution in [2.45, 2.75) is 13.0 Å². The molecule has 0 aliphatic rings. The Bertz CT molecular complexity index is 272. The minimum atomic E-state index is -0.207. The molecule has 1 rings (SSSR count). The molecule has 0 aromatic heterocycles. The van der Waals surface area contributed by atoms with E-state index in [-0.39, 0.29) is 11.9 Å². The quantitative estimate of drug-likeness (QED) is 0.780. The van der Waals surface area contributed by atoms with Gasteiger partial charge < -0.3 is 10.1 Å². The fourth-order valence-corrected chi connectivity index (χ4v) is 1.38. The van der Waals surface area contributed by atoms with Crippen molar-refractivity contribution in [2.75, 3.05) is 20.2 Å². The predicted molar refractivity (Wildman–Crippen MR) is 54.7 cm³/mol. The highest BCUT2D eigenvalue weighted by Gasteiger charge is 2.13. The Morgan fingerprint density at radius 2 is 2.14 bits per heavy atom. The van der Waals surface area contributed by atoms with Crippen molar-refractivity contribution in [2.24, 2.45) is 0 Å². The zero-order chi connectivity index (χ0) is 10.4. The van der Waals surface area contributed by atoms with Crippen LogP contribution in [-0.4, -0.2) is 20.2 Å². The molecule has 14 heavy (non-hydrogen) atoms. The third kappa shape index (κ3) is 2.79. The minimum Gasteiger partial charge on any atom is -0.372 e. The molecule has 0 bridgehead atoms. The van der Waals surface area contributed by atoms with E-state index in [1.165, 1.54) is 6.07 Å². The molecule has 0 aliphatic carbocycles. The molecule has 78 valence electrons. The van der Waals surface area contributed by atoms with E-state index in [1.807, 2.05) is 20.0 Å². The van der Waals surface area contributed by atoms with Crippen LogP contribution in [0.5, 0.6) is 0 Å². The van der Waals surface area contributed by atoms with Crippen molar-refractivity contribution in [3.05, 3.63) is 35.6 Å². The molecule has 1 N–H and O–H groups in total. The van der Waals surface area contributed by atoms with Gasteiger partial charge in [0.1, 0.15) is 5.82 Å². The Morgan fingerprint density at radius 3 is 2.71 bits per heavy atom. The first-order chi connectivity index (χ1) is 6.79. The van der Waals surface area contributed by atoms with Crippen LogP contribution in [0.2, 0.25) is 0 Å². The third-order valence-corrected chi connectivity index (χ3v) is 2.01. The van der Waals surface area contributed by atoms with Crippen LogP contribution in [0.25, 0.3) is 0 Å². The lowest BCUT2D eigenvalue weighted by Crippen LogP contribution is -2.20. The van der Waals surface area contributed by atoms with E-state index < -0.39 is 0 Å². The molecule has 1 atom stereocenters. The molecule has 0 spiro atoms. The van der Waals surface area contributed by atoms with Gasteiger partial charge in [-0.3, -0.25) is 0 Å². The van der Waals surface area contributed by atoms with Gasteiger partial charge in [-0.25, -0.2) is 4.39 Å². The van der Waals surface area contributed by atoms with E-state index in [0.717, 1.165) is 0 Å². The Labute approximate surface area is 84.1 Å². The summed E-state index contributed by atoms with van der Waals surface area (Å²) in [4.78, 5) is 0. The van der Waals surface area contributed by atoms with Crippen LogP contribution >= 0.6 is 0 Å². The van der Waals surface area contributed by atoms with Crippen molar-refractivity contribution >= 4 is 0 Å². The number of likely N-dealkylation sites (N-methyl/N-ethyl adjacent to an activating group) is 1. The largest absolute Gasteiger partial charge is 0.372 e. The maximum Gasteiger partial charge on any atom is 0.129 e. The van der Waals surface area contributed by atoms with Gasteiger partial charge in [0.05, 0.1) is 6.10 Å². The van der Waals surface area contributed by atoms with Crippen LogP contribution in [0.15, 0.2) is 24.3 Å². The van der Waals surface area contributed by atoms with Gasteiger partial charge in [0.15, 0.2) is 0 Å². The van der Waals surface area contributed by atoms with Gasteiger partial charge in [-0.1, -0.05) is 18.2 Å². The number of halogens is 1. The first-order valence-electron chi connectivity index (χ1n) is 4.80. The molecular weight excluding hydrogens is 181 g/mol. The molecule has 3 heteroatoms. The highest BCUT2D eigenvalue weighted by atomic mass is 19.1. The summed E-state index contributed by atoms with van der Waals surface area (Å²) in [5, 5.41) is 2.99. The van der Waals surface area contributed by atoms with E-state index >= 15 is 0 Å². The van der Waals surface area contributed by atoms with Crippen molar-refractivity contribution in [1.29, 1.82) is 0 Å². The molecule has 0 unspecified atom stereocenters. The number of hydrogen-bond acceptors (Lipinski definition) is 2. The van der Waals surface area contributed by atoms with Crippen LogP contribution < -0.4 is 5.32 Å². The molecular formula is C11H16FNO. The molecule has 2 nitrogen and oxygen atoms in total. The lowest BCUT2D eigenvalue weighted by atomic mass is 10.1. The van der Waals surface area contributed by atoms with Crippen LogP contribution in [0, 0.1) is 5.82 Å². The van der Waals surface area contributed by atoms with Crippen molar-refractivity contribution < 1.29 is 9.13 Å². The fraction of sp³-hybridized carbons (Fsp3) is 0.455. The summed E-state index contributed by atoms with van der Waals surface area (Å²) in [5.74, 6) is -0.207. The second-order valence-electron chi connectivity index (χ2n) is 3.02. The van der Waals surface area contributed by atoms with Crippen molar-refractivity contribution in [3.63, 3.8) is 0 Å². The van der Waals surface area contributed by atoms with Crippen LogP contribution in [-0.2, 0) is 4.74 Å². The molecule has 1 aromatic carbocycles. The second-order valence-corrected chi connectivity index (χ2v) is 3.02. The monoisotopic (exact) mass is 197 g/mol. The van der Waals surface area contributed by atoms with Crippen LogP contribution in [0.3, 0.4) is 0 Å². The zero-order valence-corrected chi connectivity index (χ0v) is 8.59. The van der Waals surface area contributed by atoms with E-state index in [4.69, 9.17) is 4.74 Å². The average molecular weight is 197 g/mol. The Kier molecular flexibility index (Phi) is 4.56. The van der Waals surface area contributed by atoms with Gasteiger partial charge in [0.25, 0.3) is 0 Å². The van der Waals surface area contributed by atoms with Gasteiger partial charge in [-0.2, -0.15) is 0 Å². The summed E-state index contributed by atoms with van der Waals surface area (Å²) in [7, 11) is 1.83. The summed E-state index contributed by atoms with van der Waals surface area (Å²) >= 11 is 0. The second kappa shape index (κ2) is 5.73. The van der Waals surface area contributed by atoms with E-state index in [0.29, 0.717) is 18.7 Å². The van der Waals surface area contributed by atoms with E-state index in [1.54, 1.807) is 12.1 Å². The van der Waals surface area contributed by atoms with Crippen LogP contribution in [0.4, 0.5) is 4.39 Å². The van der Waals surface area contributed by atoms with Gasteiger partial charge in [-0.15, -0.1) is 0 Å². The van der Waals surface area contributed by atoms with Crippen molar-refractivity contribution in [3.8, 4) is 0 Å². The zero-order valence-electron chi connectivity index (χ0n) is 8.59. The highest BCUT2D eigenvalue weighted by Crippen LogP contribution is 2.19. The Morgan fingerprint density at radius 1 is 1.43 bits per heavy atom. The molecule has 0 aliphatic heterocycles. The summed E-state index contributed by atoms with van der Waals surface area (Å²) in [6.07, 6.45) is -0.203. The number of nitrogens with one attached hydrogen (secondary N) is 1. The predicted octanol–water partition coefficient (Wildman–Crippen LogP) is 2.12. The molecule has 0 saturated carbocycles. The number of rotatable bonds is 5. The highest BCUT2D eigenvalue weighted by molar-refractivity contribution is 5.20. The van der Waals surface area contributed by atoms with Gasteiger partial charge in [-0.05, 0) is 20.0 Å². The average Bonchev–Trinajstić information content (AvgIpc) is 2.18. The molecule has 0 radical (unpaired) electrons. The third-order valence-electron chi connectivity index (χ3n) is 2.01. The number of ether oxygens (including phenoxy) is 1. The summed E-state index contributed by atoms with van der Waals surface area (Å²) in [5.41, 5.74) is 0.615. The molecule has 0 heterocycles. The van der Waals surface area contributed by atoms with Gasteiger partial charge in [0.2, 0.25) is 0 Å². The van der Waals surface area contributed by atoms with Crippen molar-refractivity contribution in [1.82, 2.24) is 5.32 Å². The standard InChI is InChI=1S/C11H16FNO/c1-3-14-11(8-13-2)9-6-4-5-7-10(9)12/h4-7,11,13H,3,8H2,1-2H3/t11-/m0/s1. The molecule has 1 aromatic rings. The molecule has 0 fully saturated rings. The Balaban J connectivity index is 2.81. The first kappa shape index (κ1) is 11.1. The van der Waals surface area contributed by atoms with Crippen LogP contribution in [0.1, 0.15) is 18.6 Å². The fourth-order valence-electron chi connectivity index (χ4n) is 1.38. The minimum absolute atomic E-state index is 0.203. The smallest absolute Gasteiger partial charge is 0.129 e. The topological polar surface area (TPSA) is 21.3 Å². The number of benzene rings is 1. The first-order valence-corrected chi connectivity index (χ1v) is 4.80. The maximum absolute atomic E-state index is 13.4. The summed E-state index contributed by atoms with van der Waals surface area (Å²) < 4.78 is 18.8. The lowest BCUT2D eigenvalue weighted by molar-refractivity contribution is 0.0612. The lowest BCUT2D eigenvalue weighted by Gasteiger charge is -2.17. The van der Waals surface area contributed by atoms with E-state index in [9.17, 15) is 4.39 Å². The maximum atomic E-state index is 13.4. The summed E-state index contributed by atoms with van der Waals surface area (Å²) in [6, 6.07) is 6.71. The molecule has 0 amide bonds. The SMILES string of the molecule is CCO[C@@H](CNC)c1ccccc1F.